The highest BCUT2D eigenvalue weighted by atomic mass is 19.1. The van der Waals surface area contributed by atoms with Gasteiger partial charge in [-0.25, -0.2) is 9.18 Å². The van der Waals surface area contributed by atoms with Crippen LogP contribution in [0.15, 0.2) is 24.3 Å². The summed E-state index contributed by atoms with van der Waals surface area (Å²) >= 11 is 0. The van der Waals surface area contributed by atoms with E-state index >= 15 is 0 Å². The minimum absolute atomic E-state index is 0.113. The van der Waals surface area contributed by atoms with Crippen molar-refractivity contribution < 1.29 is 14.3 Å². The maximum Gasteiger partial charge on any atom is 0.329 e. The first-order valence-corrected chi connectivity index (χ1v) is 7.32. The highest BCUT2D eigenvalue weighted by molar-refractivity contribution is 5.83. The topological polar surface area (TPSA) is 49.3 Å². The minimum Gasteiger partial charge on any atom is -0.480 e. The smallest absolute Gasteiger partial charge is 0.329 e. The Morgan fingerprint density at radius 2 is 1.62 bits per heavy atom. The van der Waals surface area contributed by atoms with E-state index in [0.29, 0.717) is 12.8 Å². The van der Waals surface area contributed by atoms with Gasteiger partial charge in [0.1, 0.15) is 11.4 Å². The Bertz CT molecular complexity index is 535. The Hall–Kier alpha value is -1.58. The molecule has 3 nitrogen and oxygen atoms in total. The number of nitrogens with one attached hydrogen (secondary N) is 1. The van der Waals surface area contributed by atoms with Crippen LogP contribution in [0.5, 0.6) is 0 Å². The van der Waals surface area contributed by atoms with Crippen LogP contribution in [0.25, 0.3) is 0 Å². The number of carbonyl (C=O) groups is 1. The minimum atomic E-state index is -1.13. The molecule has 1 aromatic carbocycles. The quantitative estimate of drug-likeness (QED) is 0.873. The number of hydrogen-bond acceptors (Lipinski definition) is 2. The molecule has 1 saturated carbocycles. The standard InChI is InChI=1S/C17H24FNO2/c1-15(2)9-16(3,4)11-17(10-15,14(20)21)19-13-8-6-5-7-12(13)18/h5-8,19H,9-11H2,1-4H3,(H,20,21). The van der Waals surface area contributed by atoms with Crippen molar-refractivity contribution in [3.63, 3.8) is 0 Å². The first kappa shape index (κ1) is 15.8. The van der Waals surface area contributed by atoms with Gasteiger partial charge in [0.2, 0.25) is 0 Å². The van der Waals surface area contributed by atoms with Crippen molar-refractivity contribution in [1.29, 1.82) is 0 Å². The van der Waals surface area contributed by atoms with E-state index in [4.69, 9.17) is 0 Å². The molecule has 0 atom stereocenters. The van der Waals surface area contributed by atoms with Gasteiger partial charge in [-0.1, -0.05) is 39.8 Å². The van der Waals surface area contributed by atoms with Crippen LogP contribution in [0.2, 0.25) is 0 Å². The van der Waals surface area contributed by atoms with Gasteiger partial charge in [0.15, 0.2) is 0 Å². The van der Waals surface area contributed by atoms with Crippen LogP contribution in [0.3, 0.4) is 0 Å². The second kappa shape index (κ2) is 5.00. The van der Waals surface area contributed by atoms with E-state index in [1.807, 2.05) is 0 Å². The molecule has 1 fully saturated rings. The molecule has 1 aliphatic rings. The molecule has 21 heavy (non-hydrogen) atoms. The fourth-order valence-corrected chi connectivity index (χ4v) is 4.23. The van der Waals surface area contributed by atoms with Gasteiger partial charge in [-0.2, -0.15) is 0 Å². The van der Waals surface area contributed by atoms with Crippen molar-refractivity contribution in [2.75, 3.05) is 5.32 Å². The SMILES string of the molecule is CC1(C)CC(C)(C)CC(Nc2ccccc2F)(C(=O)O)C1. The molecule has 2 rings (SSSR count). The van der Waals surface area contributed by atoms with E-state index in [1.54, 1.807) is 18.2 Å². The molecule has 1 aliphatic carbocycles. The van der Waals surface area contributed by atoms with E-state index < -0.39 is 17.3 Å². The lowest BCUT2D eigenvalue weighted by molar-refractivity contribution is -0.147. The molecule has 0 amide bonds. The molecule has 4 heteroatoms. The van der Waals surface area contributed by atoms with Crippen molar-refractivity contribution >= 4 is 11.7 Å². The number of aliphatic carboxylic acids is 1. The summed E-state index contributed by atoms with van der Waals surface area (Å²) in [6.45, 7) is 8.31. The number of anilines is 1. The van der Waals surface area contributed by atoms with Gasteiger partial charge in [0, 0.05) is 0 Å². The lowest BCUT2D eigenvalue weighted by atomic mass is 9.58. The fraction of sp³-hybridized carbons (Fsp3) is 0.588. The molecule has 116 valence electrons. The molecule has 0 spiro atoms. The lowest BCUT2D eigenvalue weighted by Crippen LogP contribution is -2.56. The van der Waals surface area contributed by atoms with Gasteiger partial charge in [-0.05, 0) is 42.2 Å². The first-order valence-electron chi connectivity index (χ1n) is 7.32. The summed E-state index contributed by atoms with van der Waals surface area (Å²) in [5.74, 6) is -1.33. The van der Waals surface area contributed by atoms with Gasteiger partial charge < -0.3 is 10.4 Å². The van der Waals surface area contributed by atoms with E-state index in [9.17, 15) is 14.3 Å². The Balaban J connectivity index is 2.42. The van der Waals surface area contributed by atoms with E-state index in [-0.39, 0.29) is 16.5 Å². The van der Waals surface area contributed by atoms with Crippen LogP contribution in [0, 0.1) is 16.6 Å². The highest BCUT2D eigenvalue weighted by Gasteiger charge is 2.52. The first-order chi connectivity index (χ1) is 9.55. The molecular weight excluding hydrogens is 269 g/mol. The average Bonchev–Trinajstić information content (AvgIpc) is 2.27. The Morgan fingerprint density at radius 1 is 1.10 bits per heavy atom. The molecule has 2 N–H and O–H groups in total. The summed E-state index contributed by atoms with van der Waals surface area (Å²) in [6.07, 6.45) is 1.91. The van der Waals surface area contributed by atoms with Gasteiger partial charge in [-0.3, -0.25) is 0 Å². The summed E-state index contributed by atoms with van der Waals surface area (Å²) in [6, 6.07) is 6.24. The molecule has 0 unspecified atom stereocenters. The molecule has 0 radical (unpaired) electrons. The van der Waals surface area contributed by atoms with Gasteiger partial charge in [-0.15, -0.1) is 0 Å². The number of hydrogen-bond donors (Lipinski definition) is 2. The Labute approximate surface area is 125 Å². The zero-order valence-electron chi connectivity index (χ0n) is 13.2. The van der Waals surface area contributed by atoms with E-state index in [1.165, 1.54) is 6.07 Å². The normalized spacial score (nSPS) is 22.5. The van der Waals surface area contributed by atoms with Crippen molar-refractivity contribution in [3.05, 3.63) is 30.1 Å². The fourth-order valence-electron chi connectivity index (χ4n) is 4.23. The number of rotatable bonds is 3. The zero-order valence-corrected chi connectivity index (χ0v) is 13.2. The molecule has 0 bridgehead atoms. The van der Waals surface area contributed by atoms with E-state index in [0.717, 1.165) is 6.42 Å². The second-order valence-electron chi connectivity index (χ2n) is 7.85. The summed E-state index contributed by atoms with van der Waals surface area (Å²) < 4.78 is 13.9. The molecule has 0 saturated heterocycles. The third-order valence-electron chi connectivity index (χ3n) is 4.17. The average molecular weight is 293 g/mol. The van der Waals surface area contributed by atoms with Crippen molar-refractivity contribution in [1.82, 2.24) is 0 Å². The Kier molecular flexibility index (Phi) is 3.77. The number of para-hydroxylation sites is 1. The van der Waals surface area contributed by atoms with Gasteiger partial charge in [0.05, 0.1) is 5.69 Å². The predicted octanol–water partition coefficient (Wildman–Crippen LogP) is 4.30. The highest BCUT2D eigenvalue weighted by Crippen LogP contribution is 2.51. The molecular formula is C17H24FNO2. The largest absolute Gasteiger partial charge is 0.480 e. The number of benzene rings is 1. The number of carboxylic acids is 1. The molecule has 0 aliphatic heterocycles. The molecule has 0 aromatic heterocycles. The zero-order chi connectivity index (χ0) is 15.9. The van der Waals surface area contributed by atoms with Crippen LogP contribution >= 0.6 is 0 Å². The number of halogens is 1. The molecule has 1 aromatic rings. The number of carboxylic acid groups (broad SMARTS) is 1. The van der Waals surface area contributed by atoms with Crippen molar-refractivity contribution in [2.24, 2.45) is 10.8 Å². The predicted molar refractivity (Wildman–Crippen MR) is 81.8 cm³/mol. The van der Waals surface area contributed by atoms with Crippen LogP contribution in [0.4, 0.5) is 10.1 Å². The lowest BCUT2D eigenvalue weighted by Gasteiger charge is -2.50. The van der Waals surface area contributed by atoms with Crippen LogP contribution in [-0.2, 0) is 4.79 Å². The summed E-state index contributed by atoms with van der Waals surface area (Å²) in [7, 11) is 0. The van der Waals surface area contributed by atoms with Crippen molar-refractivity contribution in [3.8, 4) is 0 Å². The van der Waals surface area contributed by atoms with Crippen LogP contribution < -0.4 is 5.32 Å². The van der Waals surface area contributed by atoms with Crippen LogP contribution in [0.1, 0.15) is 47.0 Å². The Morgan fingerprint density at radius 3 is 2.10 bits per heavy atom. The van der Waals surface area contributed by atoms with E-state index in [2.05, 4.69) is 33.0 Å². The summed E-state index contributed by atoms with van der Waals surface area (Å²) in [5, 5.41) is 12.8. The third-order valence-corrected chi connectivity index (χ3v) is 4.17. The monoisotopic (exact) mass is 293 g/mol. The third kappa shape index (κ3) is 3.36. The maximum absolute atomic E-state index is 13.9. The van der Waals surface area contributed by atoms with Gasteiger partial charge >= 0.3 is 5.97 Å². The van der Waals surface area contributed by atoms with Gasteiger partial charge in [0.25, 0.3) is 0 Å². The maximum atomic E-state index is 13.9. The summed E-state index contributed by atoms with van der Waals surface area (Å²) in [5.41, 5.74) is -1.10. The molecule has 0 heterocycles. The van der Waals surface area contributed by atoms with Crippen LogP contribution in [-0.4, -0.2) is 16.6 Å². The second-order valence-corrected chi connectivity index (χ2v) is 7.85. The summed E-state index contributed by atoms with van der Waals surface area (Å²) in [4.78, 5) is 12.0. The van der Waals surface area contributed by atoms with Crippen molar-refractivity contribution in [2.45, 2.75) is 52.5 Å².